The zero-order valence-electron chi connectivity index (χ0n) is 7.50. The van der Waals surface area contributed by atoms with Crippen LogP contribution in [-0.2, 0) is 4.79 Å². The van der Waals surface area contributed by atoms with E-state index in [2.05, 4.69) is 4.99 Å². The van der Waals surface area contributed by atoms with E-state index in [0.717, 1.165) is 12.8 Å². The minimum absolute atomic E-state index is 0.229. The first-order valence-electron chi connectivity index (χ1n) is 4.18. The second-order valence-corrected chi connectivity index (χ2v) is 3.16. The second kappa shape index (κ2) is 3.52. The van der Waals surface area contributed by atoms with Crippen LogP contribution in [0.25, 0.3) is 0 Å². The highest BCUT2D eigenvalue weighted by Gasteiger charge is 2.21. The number of carbonyl (C=O) groups excluding carboxylic acids is 1. The van der Waals surface area contributed by atoms with E-state index in [1.54, 1.807) is 6.20 Å². The molecule has 0 aromatic heterocycles. The topological polar surface area (TPSA) is 55.4 Å². The summed E-state index contributed by atoms with van der Waals surface area (Å²) in [5.74, 6) is -0.155. The quantitative estimate of drug-likeness (QED) is 0.659. The van der Waals surface area contributed by atoms with Crippen molar-refractivity contribution >= 4 is 11.6 Å². The fraction of sp³-hybridized carbons (Fsp3) is 0.556. The first-order valence-corrected chi connectivity index (χ1v) is 4.18. The van der Waals surface area contributed by atoms with E-state index in [0.29, 0.717) is 5.71 Å². The molecule has 1 amide bonds. The van der Waals surface area contributed by atoms with Gasteiger partial charge in [0.25, 0.3) is 5.91 Å². The van der Waals surface area contributed by atoms with Crippen molar-refractivity contribution in [1.82, 2.24) is 0 Å². The van der Waals surface area contributed by atoms with Crippen LogP contribution in [0.2, 0.25) is 0 Å². The van der Waals surface area contributed by atoms with E-state index in [1.807, 2.05) is 13.8 Å². The Balaban J connectivity index is 2.87. The van der Waals surface area contributed by atoms with E-state index in [9.17, 15) is 4.79 Å². The van der Waals surface area contributed by atoms with Crippen molar-refractivity contribution in [1.29, 1.82) is 0 Å². The van der Waals surface area contributed by atoms with Gasteiger partial charge in [0.15, 0.2) is 0 Å². The van der Waals surface area contributed by atoms with Crippen molar-refractivity contribution in [2.75, 3.05) is 0 Å². The van der Waals surface area contributed by atoms with Gasteiger partial charge in [0.1, 0.15) is 5.71 Å². The molecule has 0 bridgehead atoms. The summed E-state index contributed by atoms with van der Waals surface area (Å²) in [6.45, 7) is 4.06. The third kappa shape index (κ3) is 1.72. The Hall–Kier alpha value is -1.12. The van der Waals surface area contributed by atoms with Crippen molar-refractivity contribution in [3.8, 4) is 0 Å². The van der Waals surface area contributed by atoms with Crippen LogP contribution in [0, 0.1) is 5.92 Å². The lowest BCUT2D eigenvalue weighted by atomic mass is 9.91. The zero-order valence-corrected chi connectivity index (χ0v) is 7.50. The zero-order chi connectivity index (χ0) is 9.14. The predicted molar refractivity (Wildman–Crippen MR) is 48.8 cm³/mol. The van der Waals surface area contributed by atoms with E-state index in [4.69, 9.17) is 5.73 Å². The molecule has 0 radical (unpaired) electrons. The maximum Gasteiger partial charge on any atom is 0.263 e. The van der Waals surface area contributed by atoms with Gasteiger partial charge in [0.2, 0.25) is 0 Å². The van der Waals surface area contributed by atoms with Crippen LogP contribution in [0.5, 0.6) is 0 Å². The molecule has 0 saturated carbocycles. The molecule has 1 heterocycles. The first kappa shape index (κ1) is 8.97. The maximum absolute atomic E-state index is 10.9. The molecule has 1 aliphatic rings. The van der Waals surface area contributed by atoms with Crippen LogP contribution in [0.15, 0.2) is 16.8 Å². The minimum Gasteiger partial charge on any atom is -0.365 e. The Morgan fingerprint density at radius 2 is 2.50 bits per heavy atom. The number of hydrogen-bond acceptors (Lipinski definition) is 2. The number of primary amides is 1. The van der Waals surface area contributed by atoms with Crippen molar-refractivity contribution in [2.24, 2.45) is 16.6 Å². The molecular formula is C9H14N2O. The van der Waals surface area contributed by atoms with Gasteiger partial charge in [-0.15, -0.1) is 0 Å². The number of nitrogens with zero attached hydrogens (tertiary/aromatic N) is 1. The van der Waals surface area contributed by atoms with E-state index >= 15 is 0 Å². The Bertz CT molecular complexity index is 253. The highest BCUT2D eigenvalue weighted by atomic mass is 16.1. The molecule has 0 saturated heterocycles. The van der Waals surface area contributed by atoms with Crippen LogP contribution < -0.4 is 5.73 Å². The van der Waals surface area contributed by atoms with Gasteiger partial charge in [-0.1, -0.05) is 12.5 Å². The Morgan fingerprint density at radius 3 is 3.00 bits per heavy atom. The smallest absolute Gasteiger partial charge is 0.263 e. The third-order valence-corrected chi connectivity index (χ3v) is 2.12. The van der Waals surface area contributed by atoms with Crippen LogP contribution in [0.1, 0.15) is 26.7 Å². The third-order valence-electron chi connectivity index (χ3n) is 2.12. The van der Waals surface area contributed by atoms with Crippen molar-refractivity contribution < 1.29 is 4.79 Å². The summed E-state index contributed by atoms with van der Waals surface area (Å²) in [7, 11) is 0. The van der Waals surface area contributed by atoms with Gasteiger partial charge in [-0.05, 0) is 19.8 Å². The molecule has 2 N–H and O–H groups in total. The standard InChI is InChI=1S/C9H14N2O/c1-3-7-4-6(2)5-11-8(7)9(10)12/h5,7H,3-4H2,1-2H3,(H2,10,12). The Morgan fingerprint density at radius 1 is 1.83 bits per heavy atom. The number of aliphatic imine (C=N–C) groups is 1. The average Bonchev–Trinajstić information content (AvgIpc) is 2.03. The van der Waals surface area contributed by atoms with E-state index in [-0.39, 0.29) is 11.8 Å². The Labute approximate surface area is 72.4 Å². The van der Waals surface area contributed by atoms with Gasteiger partial charge in [0.05, 0.1) is 0 Å². The molecule has 3 heteroatoms. The van der Waals surface area contributed by atoms with Crippen LogP contribution in [0.4, 0.5) is 0 Å². The molecule has 12 heavy (non-hydrogen) atoms. The van der Waals surface area contributed by atoms with Gasteiger partial charge >= 0.3 is 0 Å². The maximum atomic E-state index is 10.9. The van der Waals surface area contributed by atoms with Crippen molar-refractivity contribution in [3.05, 3.63) is 11.8 Å². The predicted octanol–water partition coefficient (Wildman–Crippen LogP) is 1.25. The lowest BCUT2D eigenvalue weighted by Crippen LogP contribution is -2.31. The molecule has 0 aromatic rings. The van der Waals surface area contributed by atoms with Gasteiger partial charge < -0.3 is 5.73 Å². The molecule has 1 rings (SSSR count). The molecule has 0 aromatic carbocycles. The fourth-order valence-electron chi connectivity index (χ4n) is 1.43. The molecule has 3 nitrogen and oxygen atoms in total. The van der Waals surface area contributed by atoms with Crippen LogP contribution in [0.3, 0.4) is 0 Å². The number of nitrogens with two attached hydrogens (primary N) is 1. The molecule has 0 fully saturated rings. The van der Waals surface area contributed by atoms with Gasteiger partial charge in [-0.2, -0.15) is 0 Å². The number of rotatable bonds is 2. The summed E-state index contributed by atoms with van der Waals surface area (Å²) in [5, 5.41) is 0. The van der Waals surface area contributed by atoms with Gasteiger partial charge in [0, 0.05) is 12.1 Å². The Kier molecular flexibility index (Phi) is 2.63. The fourth-order valence-corrected chi connectivity index (χ4v) is 1.43. The molecular weight excluding hydrogens is 152 g/mol. The summed E-state index contributed by atoms with van der Waals surface area (Å²) in [6.07, 6.45) is 3.57. The molecule has 1 atom stereocenters. The highest BCUT2D eigenvalue weighted by molar-refractivity contribution is 6.39. The summed E-state index contributed by atoms with van der Waals surface area (Å²) >= 11 is 0. The van der Waals surface area contributed by atoms with Gasteiger partial charge in [-0.3, -0.25) is 9.79 Å². The normalized spacial score (nSPS) is 23.0. The van der Waals surface area contributed by atoms with E-state index in [1.165, 1.54) is 5.57 Å². The second-order valence-electron chi connectivity index (χ2n) is 3.16. The van der Waals surface area contributed by atoms with Crippen molar-refractivity contribution in [3.63, 3.8) is 0 Å². The lowest BCUT2D eigenvalue weighted by Gasteiger charge is -2.18. The minimum atomic E-state index is -0.384. The number of amides is 1. The number of allylic oxidation sites excluding steroid dienone is 1. The van der Waals surface area contributed by atoms with Crippen LogP contribution in [-0.4, -0.2) is 11.6 Å². The molecule has 0 spiro atoms. The van der Waals surface area contributed by atoms with Crippen LogP contribution >= 0.6 is 0 Å². The molecule has 1 unspecified atom stereocenters. The monoisotopic (exact) mass is 166 g/mol. The SMILES string of the molecule is CCC1CC(C)=CN=C1C(N)=O. The largest absolute Gasteiger partial charge is 0.365 e. The molecule has 66 valence electrons. The lowest BCUT2D eigenvalue weighted by molar-refractivity contribution is -0.112. The first-order chi connectivity index (χ1) is 5.65. The molecule has 0 aliphatic carbocycles. The van der Waals surface area contributed by atoms with Gasteiger partial charge in [-0.25, -0.2) is 0 Å². The number of carbonyl (C=O) groups is 1. The highest BCUT2D eigenvalue weighted by Crippen LogP contribution is 2.21. The number of hydrogen-bond donors (Lipinski definition) is 1. The summed E-state index contributed by atoms with van der Waals surface area (Å²) in [4.78, 5) is 14.9. The average molecular weight is 166 g/mol. The van der Waals surface area contributed by atoms with Crippen molar-refractivity contribution in [2.45, 2.75) is 26.7 Å². The molecule has 1 aliphatic heterocycles. The van der Waals surface area contributed by atoms with E-state index < -0.39 is 0 Å². The summed E-state index contributed by atoms with van der Waals surface area (Å²) < 4.78 is 0. The summed E-state index contributed by atoms with van der Waals surface area (Å²) in [5.41, 5.74) is 6.92. The summed E-state index contributed by atoms with van der Waals surface area (Å²) in [6, 6.07) is 0.